The van der Waals surface area contributed by atoms with Gasteiger partial charge in [-0.25, -0.2) is 9.97 Å². The van der Waals surface area contributed by atoms with Crippen LogP contribution in [0.15, 0.2) is 18.2 Å². The number of nitrogens with zero attached hydrogens (tertiary/aromatic N) is 4. The Labute approximate surface area is 169 Å². The average molecular weight is 419 g/mol. The van der Waals surface area contributed by atoms with Crippen molar-refractivity contribution in [3.05, 3.63) is 44.5 Å². The molecule has 8 heteroatoms. The van der Waals surface area contributed by atoms with E-state index in [1.807, 2.05) is 13.0 Å². The van der Waals surface area contributed by atoms with Crippen LogP contribution in [0.5, 0.6) is 0 Å². The molecule has 0 amide bonds. The van der Waals surface area contributed by atoms with Gasteiger partial charge in [0, 0.05) is 21.9 Å². The van der Waals surface area contributed by atoms with Crippen LogP contribution in [0.2, 0.25) is 10.0 Å². The first kappa shape index (κ1) is 17.4. The summed E-state index contributed by atoms with van der Waals surface area (Å²) in [5.74, 6) is 1.36. The van der Waals surface area contributed by atoms with E-state index < -0.39 is 0 Å². The fourth-order valence-electron chi connectivity index (χ4n) is 3.53. The van der Waals surface area contributed by atoms with Crippen molar-refractivity contribution in [3.63, 3.8) is 0 Å². The summed E-state index contributed by atoms with van der Waals surface area (Å²) in [6.45, 7) is 6.77. The molecule has 0 atom stereocenters. The van der Waals surface area contributed by atoms with E-state index in [9.17, 15) is 0 Å². The van der Waals surface area contributed by atoms with Gasteiger partial charge >= 0.3 is 0 Å². The Bertz CT molecular complexity index is 1230. The minimum atomic E-state index is -0.203. The van der Waals surface area contributed by atoms with Gasteiger partial charge in [-0.05, 0) is 44.5 Å². The molecule has 0 fully saturated rings. The first-order valence-corrected chi connectivity index (χ1v) is 10.2. The highest BCUT2D eigenvalue weighted by molar-refractivity contribution is 7.19. The zero-order valence-corrected chi connectivity index (χ0v) is 17.3. The number of ether oxygens (including phenoxy) is 1. The molecule has 0 N–H and O–H groups in total. The standard InChI is InChI=1S/C19H16Cl2N4OS/c1-9-22-18-15(12-7-19(2,3)26-8-14(12)27-18)17-23-16(24-25(9)17)11-5-4-10(20)6-13(11)21/h4-6H,7-8H2,1-3H3. The maximum atomic E-state index is 6.38. The Hall–Kier alpha value is -1.73. The molecule has 0 bridgehead atoms. The molecule has 1 aromatic carbocycles. The van der Waals surface area contributed by atoms with Gasteiger partial charge in [0.15, 0.2) is 11.5 Å². The van der Waals surface area contributed by atoms with Crippen LogP contribution in [0.3, 0.4) is 0 Å². The first-order valence-electron chi connectivity index (χ1n) is 8.59. The molecule has 1 aliphatic rings. The fourth-order valence-corrected chi connectivity index (χ4v) is 5.16. The van der Waals surface area contributed by atoms with Gasteiger partial charge in [0.05, 0.1) is 22.6 Å². The van der Waals surface area contributed by atoms with Gasteiger partial charge in [0.2, 0.25) is 0 Å². The lowest BCUT2D eigenvalue weighted by atomic mass is 9.94. The van der Waals surface area contributed by atoms with E-state index >= 15 is 0 Å². The Morgan fingerprint density at radius 3 is 2.81 bits per heavy atom. The summed E-state index contributed by atoms with van der Waals surface area (Å²) in [6, 6.07) is 5.35. The Balaban J connectivity index is 1.80. The third-order valence-electron chi connectivity index (χ3n) is 4.84. The number of aryl methyl sites for hydroxylation is 1. The number of hydrogen-bond acceptors (Lipinski definition) is 5. The van der Waals surface area contributed by atoms with E-state index in [1.54, 1.807) is 28.0 Å². The summed E-state index contributed by atoms with van der Waals surface area (Å²) >= 11 is 14.1. The maximum Gasteiger partial charge on any atom is 0.183 e. The Morgan fingerprint density at radius 1 is 1.22 bits per heavy atom. The highest BCUT2D eigenvalue weighted by Gasteiger charge is 2.31. The van der Waals surface area contributed by atoms with Gasteiger partial charge in [-0.1, -0.05) is 23.2 Å². The van der Waals surface area contributed by atoms with E-state index in [0.717, 1.165) is 33.7 Å². The molecular weight excluding hydrogens is 403 g/mol. The number of aromatic nitrogens is 4. The smallest absolute Gasteiger partial charge is 0.183 e. The molecule has 0 saturated heterocycles. The predicted octanol–water partition coefficient (Wildman–Crippen LogP) is 5.47. The van der Waals surface area contributed by atoms with Gasteiger partial charge in [-0.3, -0.25) is 0 Å². The van der Waals surface area contributed by atoms with Crippen LogP contribution in [0.4, 0.5) is 0 Å². The molecule has 0 saturated carbocycles. The number of benzene rings is 1. The van der Waals surface area contributed by atoms with Crippen LogP contribution in [-0.4, -0.2) is 25.2 Å². The van der Waals surface area contributed by atoms with Crippen molar-refractivity contribution in [2.45, 2.75) is 39.4 Å². The molecule has 0 spiro atoms. The van der Waals surface area contributed by atoms with Gasteiger partial charge in [-0.15, -0.1) is 16.4 Å². The van der Waals surface area contributed by atoms with Crippen molar-refractivity contribution in [1.29, 1.82) is 0 Å². The van der Waals surface area contributed by atoms with Crippen molar-refractivity contribution >= 4 is 50.4 Å². The van der Waals surface area contributed by atoms with Crippen LogP contribution in [0.1, 0.15) is 30.1 Å². The Kier molecular flexibility index (Phi) is 3.78. The zero-order chi connectivity index (χ0) is 18.9. The minimum absolute atomic E-state index is 0.203. The molecule has 27 heavy (non-hydrogen) atoms. The van der Waals surface area contributed by atoms with Crippen molar-refractivity contribution in [2.24, 2.45) is 0 Å². The number of fused-ring (bicyclic) bond motifs is 5. The van der Waals surface area contributed by atoms with Gasteiger partial charge in [0.25, 0.3) is 0 Å². The SMILES string of the molecule is Cc1nc2sc3c(c2c2nc(-c4ccc(Cl)cc4Cl)nn12)CC(C)(C)OC3. The highest BCUT2D eigenvalue weighted by Crippen LogP contribution is 2.40. The maximum absolute atomic E-state index is 6.38. The van der Waals surface area contributed by atoms with Crippen molar-refractivity contribution < 1.29 is 4.74 Å². The van der Waals surface area contributed by atoms with E-state index in [-0.39, 0.29) is 5.60 Å². The third kappa shape index (κ3) is 2.74. The summed E-state index contributed by atoms with van der Waals surface area (Å²) in [6.07, 6.45) is 0.826. The zero-order valence-electron chi connectivity index (χ0n) is 15.0. The third-order valence-corrected chi connectivity index (χ3v) is 6.49. The largest absolute Gasteiger partial charge is 0.370 e. The minimum Gasteiger partial charge on any atom is -0.370 e. The molecule has 4 aromatic rings. The van der Waals surface area contributed by atoms with Gasteiger partial charge in [0.1, 0.15) is 10.7 Å². The molecule has 4 heterocycles. The molecule has 0 unspecified atom stereocenters. The van der Waals surface area contributed by atoms with Crippen molar-refractivity contribution in [1.82, 2.24) is 19.6 Å². The molecule has 3 aromatic heterocycles. The predicted molar refractivity (Wildman–Crippen MR) is 109 cm³/mol. The van der Waals surface area contributed by atoms with E-state index in [2.05, 4.69) is 18.9 Å². The van der Waals surface area contributed by atoms with Crippen molar-refractivity contribution in [2.75, 3.05) is 0 Å². The number of rotatable bonds is 1. The lowest BCUT2D eigenvalue weighted by molar-refractivity contribution is -0.0379. The van der Waals surface area contributed by atoms with E-state index in [1.165, 1.54) is 10.4 Å². The van der Waals surface area contributed by atoms with Crippen LogP contribution < -0.4 is 0 Å². The average Bonchev–Trinajstić information content (AvgIpc) is 3.15. The lowest BCUT2D eigenvalue weighted by Gasteiger charge is -2.30. The summed E-state index contributed by atoms with van der Waals surface area (Å²) in [4.78, 5) is 11.8. The molecular formula is C19H16Cl2N4OS. The summed E-state index contributed by atoms with van der Waals surface area (Å²) in [5, 5.41) is 6.86. The quantitative estimate of drug-likeness (QED) is 0.411. The molecule has 138 valence electrons. The molecule has 0 aliphatic carbocycles. The van der Waals surface area contributed by atoms with Crippen LogP contribution >= 0.6 is 34.5 Å². The lowest BCUT2D eigenvalue weighted by Crippen LogP contribution is -2.31. The van der Waals surface area contributed by atoms with E-state index in [4.69, 9.17) is 37.9 Å². The second-order valence-corrected chi connectivity index (χ2v) is 9.29. The van der Waals surface area contributed by atoms with Crippen LogP contribution in [-0.2, 0) is 17.8 Å². The molecule has 5 nitrogen and oxygen atoms in total. The number of halogens is 2. The molecule has 1 aliphatic heterocycles. The summed E-state index contributed by atoms with van der Waals surface area (Å²) < 4.78 is 7.78. The monoisotopic (exact) mass is 418 g/mol. The second kappa shape index (κ2) is 5.88. The summed E-state index contributed by atoms with van der Waals surface area (Å²) in [5.41, 5.74) is 2.63. The van der Waals surface area contributed by atoms with Gasteiger partial charge < -0.3 is 4.74 Å². The van der Waals surface area contributed by atoms with E-state index in [0.29, 0.717) is 22.5 Å². The number of thiophene rings is 1. The normalized spacial score (nSPS) is 16.2. The fraction of sp³-hybridized carbons (Fsp3) is 0.316. The van der Waals surface area contributed by atoms with Crippen molar-refractivity contribution in [3.8, 4) is 11.4 Å². The second-order valence-electron chi connectivity index (χ2n) is 7.36. The molecule has 0 radical (unpaired) electrons. The topological polar surface area (TPSA) is 52.3 Å². The highest BCUT2D eigenvalue weighted by atomic mass is 35.5. The first-order chi connectivity index (χ1) is 12.8. The van der Waals surface area contributed by atoms with Crippen LogP contribution in [0, 0.1) is 6.92 Å². The van der Waals surface area contributed by atoms with Gasteiger partial charge in [-0.2, -0.15) is 4.52 Å². The molecule has 5 rings (SSSR count). The van der Waals surface area contributed by atoms with Crippen LogP contribution in [0.25, 0.3) is 27.3 Å². The Morgan fingerprint density at radius 2 is 2.04 bits per heavy atom. The summed E-state index contributed by atoms with van der Waals surface area (Å²) in [7, 11) is 0. The number of hydrogen-bond donors (Lipinski definition) is 0.